The van der Waals surface area contributed by atoms with E-state index in [2.05, 4.69) is 30.1 Å². The minimum atomic E-state index is 0.667. The number of benzene rings is 1. The van der Waals surface area contributed by atoms with Crippen LogP contribution in [-0.2, 0) is 6.54 Å². The first-order chi connectivity index (χ1) is 10.1. The van der Waals surface area contributed by atoms with E-state index in [-0.39, 0.29) is 0 Å². The number of hydrogen-bond donors (Lipinski definition) is 1. The topological polar surface area (TPSA) is 33.7 Å². The van der Waals surface area contributed by atoms with Gasteiger partial charge >= 0.3 is 0 Å². The van der Waals surface area contributed by atoms with Crippen molar-refractivity contribution in [3.63, 3.8) is 0 Å². The van der Waals surface area contributed by atoms with Crippen LogP contribution in [0.3, 0.4) is 0 Å². The lowest BCUT2D eigenvalue weighted by Crippen LogP contribution is -2.30. The van der Waals surface area contributed by atoms with E-state index >= 15 is 0 Å². The number of methoxy groups -OCH3 is 2. The van der Waals surface area contributed by atoms with Crippen molar-refractivity contribution in [2.24, 2.45) is 5.92 Å². The van der Waals surface area contributed by atoms with E-state index in [9.17, 15) is 0 Å². The van der Waals surface area contributed by atoms with Crippen LogP contribution in [0.4, 0.5) is 0 Å². The molecular formula is C17H28N2O2. The smallest absolute Gasteiger partial charge is 0.161 e. The third-order valence-electron chi connectivity index (χ3n) is 4.26. The maximum atomic E-state index is 5.34. The summed E-state index contributed by atoms with van der Waals surface area (Å²) in [5.74, 6) is 2.35. The zero-order chi connectivity index (χ0) is 15.2. The van der Waals surface area contributed by atoms with Crippen LogP contribution >= 0.6 is 0 Å². The van der Waals surface area contributed by atoms with E-state index in [4.69, 9.17) is 9.47 Å². The Balaban J connectivity index is 1.79. The monoisotopic (exact) mass is 292 g/mol. The first-order valence-corrected chi connectivity index (χ1v) is 7.79. The van der Waals surface area contributed by atoms with Crippen LogP contribution < -0.4 is 14.8 Å². The summed E-state index contributed by atoms with van der Waals surface area (Å²) in [5.41, 5.74) is 1.23. The summed E-state index contributed by atoms with van der Waals surface area (Å²) in [7, 11) is 3.34. The van der Waals surface area contributed by atoms with Gasteiger partial charge in [-0.25, -0.2) is 0 Å². The minimum absolute atomic E-state index is 0.667. The molecule has 1 aromatic rings. The van der Waals surface area contributed by atoms with Crippen molar-refractivity contribution < 1.29 is 9.47 Å². The van der Waals surface area contributed by atoms with E-state index in [0.29, 0.717) is 6.04 Å². The summed E-state index contributed by atoms with van der Waals surface area (Å²) >= 11 is 0. The van der Waals surface area contributed by atoms with Gasteiger partial charge in [0.05, 0.1) is 14.2 Å². The highest BCUT2D eigenvalue weighted by Crippen LogP contribution is 2.27. The lowest BCUT2D eigenvalue weighted by atomic mass is 10.1. The Labute approximate surface area is 128 Å². The number of hydrogen-bond acceptors (Lipinski definition) is 4. The number of nitrogens with one attached hydrogen (secondary N) is 1. The van der Waals surface area contributed by atoms with Gasteiger partial charge in [-0.05, 0) is 57.0 Å². The summed E-state index contributed by atoms with van der Waals surface area (Å²) in [6.45, 7) is 8.96. The molecule has 1 aliphatic heterocycles. The largest absolute Gasteiger partial charge is 0.493 e. The van der Waals surface area contributed by atoms with Crippen LogP contribution in [-0.4, -0.2) is 44.8 Å². The van der Waals surface area contributed by atoms with Crippen molar-refractivity contribution in [2.45, 2.75) is 32.9 Å². The third kappa shape index (κ3) is 4.35. The van der Waals surface area contributed by atoms with Gasteiger partial charge in [0, 0.05) is 19.1 Å². The van der Waals surface area contributed by atoms with Gasteiger partial charge in [0.15, 0.2) is 11.5 Å². The predicted octanol–water partition coefficient (Wildman–Crippen LogP) is 2.52. The van der Waals surface area contributed by atoms with Crippen molar-refractivity contribution in [3.8, 4) is 11.5 Å². The fourth-order valence-electron chi connectivity index (χ4n) is 2.91. The van der Waals surface area contributed by atoms with Crippen LogP contribution in [0.1, 0.15) is 25.8 Å². The van der Waals surface area contributed by atoms with E-state index in [1.54, 1.807) is 14.2 Å². The molecule has 21 heavy (non-hydrogen) atoms. The Morgan fingerprint density at radius 1 is 1.24 bits per heavy atom. The Bertz CT molecular complexity index is 448. The number of nitrogens with zero attached hydrogens (tertiary/aromatic N) is 1. The van der Waals surface area contributed by atoms with Gasteiger partial charge < -0.3 is 19.7 Å². The van der Waals surface area contributed by atoms with E-state index in [1.165, 1.54) is 25.1 Å². The van der Waals surface area contributed by atoms with Crippen molar-refractivity contribution in [3.05, 3.63) is 23.8 Å². The highest BCUT2D eigenvalue weighted by atomic mass is 16.5. The lowest BCUT2D eigenvalue weighted by Gasteiger charge is -2.20. The molecule has 0 bridgehead atoms. The average Bonchev–Trinajstić information content (AvgIpc) is 2.96. The molecule has 4 heteroatoms. The van der Waals surface area contributed by atoms with E-state index < -0.39 is 0 Å². The maximum Gasteiger partial charge on any atom is 0.161 e. The first kappa shape index (κ1) is 16.1. The summed E-state index contributed by atoms with van der Waals surface area (Å²) in [5, 5.41) is 3.57. The molecule has 0 spiro atoms. The SMILES string of the molecule is COc1ccc(CNCC2CCN(C(C)C)C2)cc1OC. The molecule has 0 amide bonds. The van der Waals surface area contributed by atoms with Crippen LogP contribution in [0.25, 0.3) is 0 Å². The van der Waals surface area contributed by atoms with Crippen molar-refractivity contribution in [1.82, 2.24) is 10.2 Å². The van der Waals surface area contributed by atoms with E-state index in [1.807, 2.05) is 12.1 Å². The molecule has 1 fully saturated rings. The zero-order valence-electron chi connectivity index (χ0n) is 13.7. The fraction of sp³-hybridized carbons (Fsp3) is 0.647. The quantitative estimate of drug-likeness (QED) is 0.837. The molecule has 1 saturated heterocycles. The molecule has 1 aliphatic rings. The van der Waals surface area contributed by atoms with Crippen molar-refractivity contribution in [2.75, 3.05) is 33.9 Å². The second kappa shape index (κ2) is 7.66. The molecule has 0 saturated carbocycles. The predicted molar refractivity (Wildman–Crippen MR) is 86.1 cm³/mol. The van der Waals surface area contributed by atoms with E-state index in [0.717, 1.165) is 30.5 Å². The highest BCUT2D eigenvalue weighted by molar-refractivity contribution is 5.42. The number of rotatable bonds is 7. The third-order valence-corrected chi connectivity index (χ3v) is 4.26. The van der Waals surface area contributed by atoms with Crippen molar-refractivity contribution in [1.29, 1.82) is 0 Å². The van der Waals surface area contributed by atoms with Gasteiger partial charge in [0.25, 0.3) is 0 Å². The van der Waals surface area contributed by atoms with Crippen LogP contribution in [0.5, 0.6) is 11.5 Å². The molecule has 4 nitrogen and oxygen atoms in total. The van der Waals surface area contributed by atoms with Gasteiger partial charge in [-0.15, -0.1) is 0 Å². The molecule has 1 atom stereocenters. The van der Waals surface area contributed by atoms with Gasteiger partial charge in [0.1, 0.15) is 0 Å². The molecular weight excluding hydrogens is 264 g/mol. The molecule has 1 N–H and O–H groups in total. The number of likely N-dealkylation sites (tertiary alicyclic amines) is 1. The molecule has 0 radical (unpaired) electrons. The second-order valence-corrected chi connectivity index (χ2v) is 6.06. The van der Waals surface area contributed by atoms with Gasteiger partial charge in [-0.2, -0.15) is 0 Å². The van der Waals surface area contributed by atoms with Crippen LogP contribution in [0.2, 0.25) is 0 Å². The second-order valence-electron chi connectivity index (χ2n) is 6.06. The Morgan fingerprint density at radius 3 is 2.62 bits per heavy atom. The average molecular weight is 292 g/mol. The molecule has 1 aromatic carbocycles. The van der Waals surface area contributed by atoms with Gasteiger partial charge in [0.2, 0.25) is 0 Å². The molecule has 0 aromatic heterocycles. The normalized spacial score (nSPS) is 19.2. The molecule has 118 valence electrons. The van der Waals surface area contributed by atoms with Crippen LogP contribution in [0, 0.1) is 5.92 Å². The number of ether oxygens (including phenoxy) is 2. The molecule has 1 unspecified atom stereocenters. The first-order valence-electron chi connectivity index (χ1n) is 7.79. The summed E-state index contributed by atoms with van der Waals surface area (Å²) in [4.78, 5) is 2.56. The molecule has 2 rings (SSSR count). The van der Waals surface area contributed by atoms with Gasteiger partial charge in [-0.3, -0.25) is 0 Å². The summed E-state index contributed by atoms with van der Waals surface area (Å²) < 4.78 is 10.6. The standard InChI is InChI=1S/C17H28N2O2/c1-13(2)19-8-7-15(12-19)11-18-10-14-5-6-16(20-3)17(9-14)21-4/h5-6,9,13,15,18H,7-8,10-12H2,1-4H3. The zero-order valence-corrected chi connectivity index (χ0v) is 13.7. The van der Waals surface area contributed by atoms with Crippen LogP contribution in [0.15, 0.2) is 18.2 Å². The Kier molecular flexibility index (Phi) is 5.88. The summed E-state index contributed by atoms with van der Waals surface area (Å²) in [6, 6.07) is 6.76. The lowest BCUT2D eigenvalue weighted by molar-refractivity contribution is 0.264. The van der Waals surface area contributed by atoms with Gasteiger partial charge in [-0.1, -0.05) is 6.07 Å². The summed E-state index contributed by atoms with van der Waals surface area (Å²) in [6.07, 6.45) is 1.30. The minimum Gasteiger partial charge on any atom is -0.493 e. The fourth-order valence-corrected chi connectivity index (χ4v) is 2.91. The Hall–Kier alpha value is -1.26. The van der Waals surface area contributed by atoms with Crippen molar-refractivity contribution >= 4 is 0 Å². The molecule has 1 heterocycles. The maximum absolute atomic E-state index is 5.34. The molecule has 0 aliphatic carbocycles. The Morgan fingerprint density at radius 2 is 2.00 bits per heavy atom. The highest BCUT2D eigenvalue weighted by Gasteiger charge is 2.23.